The molecule has 0 radical (unpaired) electrons. The molecule has 0 unspecified atom stereocenters. The van der Waals surface area contributed by atoms with E-state index < -0.39 is 0 Å². The minimum atomic E-state index is -0.233. The van der Waals surface area contributed by atoms with E-state index in [1.165, 1.54) is 0 Å². The van der Waals surface area contributed by atoms with E-state index in [9.17, 15) is 9.59 Å². The van der Waals surface area contributed by atoms with Crippen LogP contribution in [0, 0.1) is 0 Å². The van der Waals surface area contributed by atoms with Crippen molar-refractivity contribution >= 4 is 11.7 Å². The fourth-order valence-corrected chi connectivity index (χ4v) is 4.06. The molecule has 5 rings (SSSR count). The summed E-state index contributed by atoms with van der Waals surface area (Å²) in [7, 11) is 0. The van der Waals surface area contributed by atoms with Gasteiger partial charge >= 0.3 is 0 Å². The zero-order valence-corrected chi connectivity index (χ0v) is 18.1. The third-order valence-corrected chi connectivity index (χ3v) is 5.71. The van der Waals surface area contributed by atoms with Crippen molar-refractivity contribution in [2.75, 3.05) is 0 Å². The predicted octanol–water partition coefficient (Wildman–Crippen LogP) is 3.84. The summed E-state index contributed by atoms with van der Waals surface area (Å²) in [5, 5.41) is 7.64. The quantitative estimate of drug-likeness (QED) is 0.495. The second kappa shape index (κ2) is 9.16. The van der Waals surface area contributed by atoms with Gasteiger partial charge in [-0.25, -0.2) is 0 Å². The van der Waals surface area contributed by atoms with Gasteiger partial charge in [0.2, 0.25) is 0 Å². The van der Waals surface area contributed by atoms with Gasteiger partial charge in [-0.3, -0.25) is 24.2 Å². The summed E-state index contributed by atoms with van der Waals surface area (Å²) < 4.78 is 1.77. The maximum atomic E-state index is 13.2. The minimum absolute atomic E-state index is 0.145. The maximum Gasteiger partial charge on any atom is 0.255 e. The fraction of sp³-hybridized carbons (Fsp3) is 0.192. The van der Waals surface area contributed by atoms with Gasteiger partial charge in [0.25, 0.3) is 5.91 Å². The summed E-state index contributed by atoms with van der Waals surface area (Å²) >= 11 is 0. The van der Waals surface area contributed by atoms with E-state index in [4.69, 9.17) is 0 Å². The number of carbonyl (C=O) groups excluding carboxylic acids is 2. The lowest BCUT2D eigenvalue weighted by atomic mass is 9.94. The number of fused-ring (bicyclic) bond motifs is 1. The molecule has 3 aromatic heterocycles. The number of benzene rings is 1. The zero-order chi connectivity index (χ0) is 22.6. The standard InChI is InChI=1S/C26H23N5O2/c32-24-10-4-9-23-21(24)12-11-20(29-23)15-28-26(33)22-17-31(16-18-6-2-1-3-7-18)30-25(22)19-8-5-13-27-14-19/h1-3,5-8,11-14,17H,4,9-10,15-16H2,(H,28,33). The molecule has 0 fully saturated rings. The van der Waals surface area contributed by atoms with Crippen LogP contribution in [0.4, 0.5) is 0 Å². The first kappa shape index (κ1) is 20.8. The van der Waals surface area contributed by atoms with Crippen LogP contribution in [-0.4, -0.2) is 31.4 Å². The third-order valence-electron chi connectivity index (χ3n) is 5.71. The molecule has 1 amide bonds. The molecule has 7 nitrogen and oxygen atoms in total. The molecular weight excluding hydrogens is 414 g/mol. The van der Waals surface area contributed by atoms with E-state index in [0.717, 1.165) is 35.4 Å². The molecule has 1 aliphatic carbocycles. The molecule has 33 heavy (non-hydrogen) atoms. The summed E-state index contributed by atoms with van der Waals surface area (Å²) in [6, 6.07) is 17.3. The van der Waals surface area contributed by atoms with E-state index in [2.05, 4.69) is 20.4 Å². The highest BCUT2D eigenvalue weighted by molar-refractivity contribution is 6.00. The lowest BCUT2D eigenvalue weighted by molar-refractivity contribution is 0.0946. The van der Waals surface area contributed by atoms with Crippen molar-refractivity contribution in [3.63, 3.8) is 0 Å². The number of nitrogens with zero attached hydrogens (tertiary/aromatic N) is 4. The Labute approximate surface area is 191 Å². The number of nitrogens with one attached hydrogen (secondary N) is 1. The van der Waals surface area contributed by atoms with Crippen molar-refractivity contribution in [3.05, 3.63) is 101 Å². The number of hydrogen-bond donors (Lipinski definition) is 1. The Morgan fingerprint density at radius 2 is 1.91 bits per heavy atom. The van der Waals surface area contributed by atoms with Crippen LogP contribution in [-0.2, 0) is 19.5 Å². The van der Waals surface area contributed by atoms with Crippen LogP contribution in [0.1, 0.15) is 50.5 Å². The van der Waals surface area contributed by atoms with Gasteiger partial charge in [0, 0.05) is 36.1 Å². The summed E-state index contributed by atoms with van der Waals surface area (Å²) in [5.74, 6) is -0.0879. The van der Waals surface area contributed by atoms with E-state index in [0.29, 0.717) is 29.8 Å². The molecule has 0 aliphatic heterocycles. The normalized spacial score (nSPS) is 12.9. The van der Waals surface area contributed by atoms with Crippen molar-refractivity contribution in [3.8, 4) is 11.3 Å². The SMILES string of the molecule is O=C1CCCc2nc(CNC(=O)c3cn(Cc4ccccc4)nc3-c3cccnc3)ccc21. The number of pyridine rings is 2. The lowest BCUT2D eigenvalue weighted by Gasteiger charge is -2.14. The molecule has 1 aromatic carbocycles. The van der Waals surface area contributed by atoms with Crippen molar-refractivity contribution in [2.45, 2.75) is 32.4 Å². The van der Waals surface area contributed by atoms with Crippen LogP contribution in [0.5, 0.6) is 0 Å². The minimum Gasteiger partial charge on any atom is -0.346 e. The van der Waals surface area contributed by atoms with Gasteiger partial charge < -0.3 is 5.32 Å². The van der Waals surface area contributed by atoms with E-state index >= 15 is 0 Å². The second-order valence-corrected chi connectivity index (χ2v) is 8.07. The summed E-state index contributed by atoms with van der Waals surface area (Å²) in [6.45, 7) is 0.832. The largest absolute Gasteiger partial charge is 0.346 e. The highest BCUT2D eigenvalue weighted by Crippen LogP contribution is 2.23. The van der Waals surface area contributed by atoms with E-state index in [-0.39, 0.29) is 18.2 Å². The van der Waals surface area contributed by atoms with Crippen molar-refractivity contribution in [1.82, 2.24) is 25.1 Å². The van der Waals surface area contributed by atoms with Crippen LogP contribution in [0.25, 0.3) is 11.3 Å². The Balaban J connectivity index is 1.38. The number of aromatic nitrogens is 4. The first-order chi connectivity index (χ1) is 16.2. The Morgan fingerprint density at radius 3 is 2.73 bits per heavy atom. The van der Waals surface area contributed by atoms with Gasteiger partial charge in [0.15, 0.2) is 5.78 Å². The molecule has 164 valence electrons. The highest BCUT2D eigenvalue weighted by Gasteiger charge is 2.20. The van der Waals surface area contributed by atoms with Crippen LogP contribution >= 0.6 is 0 Å². The van der Waals surface area contributed by atoms with Crippen LogP contribution in [0.3, 0.4) is 0 Å². The number of hydrogen-bond acceptors (Lipinski definition) is 5. The van der Waals surface area contributed by atoms with Crippen LogP contribution in [0.2, 0.25) is 0 Å². The van der Waals surface area contributed by atoms with Gasteiger partial charge in [0.1, 0.15) is 5.69 Å². The number of rotatable bonds is 6. The summed E-state index contributed by atoms with van der Waals surface area (Å²) in [5.41, 5.74) is 5.20. The molecule has 0 saturated heterocycles. The second-order valence-electron chi connectivity index (χ2n) is 8.07. The van der Waals surface area contributed by atoms with Gasteiger partial charge in [-0.2, -0.15) is 5.10 Å². The van der Waals surface area contributed by atoms with Crippen LogP contribution in [0.15, 0.2) is 73.2 Å². The average Bonchev–Trinajstić information content (AvgIpc) is 3.28. The number of ketones is 1. The molecule has 7 heteroatoms. The van der Waals surface area contributed by atoms with Crippen molar-refractivity contribution in [2.24, 2.45) is 0 Å². The molecule has 0 saturated carbocycles. The topological polar surface area (TPSA) is 89.8 Å². The Bertz CT molecular complexity index is 1300. The zero-order valence-electron chi connectivity index (χ0n) is 18.1. The predicted molar refractivity (Wildman–Crippen MR) is 124 cm³/mol. The summed E-state index contributed by atoms with van der Waals surface area (Å²) in [6.07, 6.45) is 7.35. The summed E-state index contributed by atoms with van der Waals surface area (Å²) in [4.78, 5) is 34.0. The molecule has 3 heterocycles. The highest BCUT2D eigenvalue weighted by atomic mass is 16.1. The van der Waals surface area contributed by atoms with E-state index in [1.54, 1.807) is 23.3 Å². The molecular formula is C26H23N5O2. The van der Waals surface area contributed by atoms with Gasteiger partial charge in [-0.05, 0) is 42.7 Å². The Hall–Kier alpha value is -4.13. The van der Waals surface area contributed by atoms with Crippen molar-refractivity contribution in [1.29, 1.82) is 0 Å². The third kappa shape index (κ3) is 4.57. The number of carbonyl (C=O) groups is 2. The maximum absolute atomic E-state index is 13.2. The van der Waals surface area contributed by atoms with Crippen molar-refractivity contribution < 1.29 is 9.59 Å². The van der Waals surface area contributed by atoms with Gasteiger partial charge in [0.05, 0.1) is 30.0 Å². The molecule has 1 N–H and O–H groups in total. The molecule has 1 aliphatic rings. The smallest absolute Gasteiger partial charge is 0.255 e. The van der Waals surface area contributed by atoms with E-state index in [1.807, 2.05) is 54.6 Å². The Morgan fingerprint density at radius 1 is 1.03 bits per heavy atom. The fourth-order valence-electron chi connectivity index (χ4n) is 4.06. The number of aryl methyl sites for hydroxylation is 1. The molecule has 4 aromatic rings. The first-order valence-electron chi connectivity index (χ1n) is 11.0. The lowest BCUT2D eigenvalue weighted by Crippen LogP contribution is -2.24. The molecule has 0 bridgehead atoms. The first-order valence-corrected chi connectivity index (χ1v) is 11.0. The van der Waals surface area contributed by atoms with Gasteiger partial charge in [-0.15, -0.1) is 0 Å². The van der Waals surface area contributed by atoms with Crippen LogP contribution < -0.4 is 5.32 Å². The number of Topliss-reactive ketones (excluding diaryl/α,β-unsaturated/α-hetero) is 1. The monoisotopic (exact) mass is 437 g/mol. The Kier molecular flexibility index (Phi) is 5.76. The van der Waals surface area contributed by atoms with Gasteiger partial charge in [-0.1, -0.05) is 30.3 Å². The average molecular weight is 438 g/mol. The molecule has 0 atom stereocenters. The molecule has 0 spiro atoms. The number of amides is 1.